The highest BCUT2D eigenvalue weighted by atomic mass is 16.4. The number of amides is 1. The van der Waals surface area contributed by atoms with Crippen LogP contribution in [0.4, 0.5) is 0 Å². The summed E-state index contributed by atoms with van der Waals surface area (Å²) in [6.45, 7) is 6.08. The van der Waals surface area contributed by atoms with Crippen LogP contribution in [0.5, 0.6) is 0 Å². The van der Waals surface area contributed by atoms with E-state index in [9.17, 15) is 9.59 Å². The largest absolute Gasteiger partial charge is 0.480 e. The Morgan fingerprint density at radius 1 is 1.33 bits per heavy atom. The van der Waals surface area contributed by atoms with E-state index >= 15 is 0 Å². The Hall–Kier alpha value is -1.06. The SMILES string of the molecule is CC(C)C[C@H](NC(=O)[C@H]1CCC[C@@H](C)C1)C(=O)O. The molecular weight excluding hydrogens is 230 g/mol. The van der Waals surface area contributed by atoms with E-state index in [1.807, 2.05) is 13.8 Å². The number of hydrogen-bond acceptors (Lipinski definition) is 2. The van der Waals surface area contributed by atoms with Gasteiger partial charge in [-0.3, -0.25) is 4.79 Å². The van der Waals surface area contributed by atoms with Crippen LogP contribution in [0.3, 0.4) is 0 Å². The minimum Gasteiger partial charge on any atom is -0.480 e. The van der Waals surface area contributed by atoms with E-state index < -0.39 is 12.0 Å². The van der Waals surface area contributed by atoms with Crippen molar-refractivity contribution in [2.75, 3.05) is 0 Å². The van der Waals surface area contributed by atoms with Gasteiger partial charge in [-0.15, -0.1) is 0 Å². The van der Waals surface area contributed by atoms with Crippen LogP contribution in [-0.4, -0.2) is 23.0 Å². The Kier molecular flexibility index (Phi) is 5.63. The molecule has 2 N–H and O–H groups in total. The number of carbonyl (C=O) groups excluding carboxylic acids is 1. The normalized spacial score (nSPS) is 25.8. The van der Waals surface area contributed by atoms with E-state index in [0.717, 1.165) is 19.3 Å². The predicted octanol–water partition coefficient (Wildman–Crippen LogP) is 2.43. The molecule has 0 heterocycles. The molecule has 1 saturated carbocycles. The summed E-state index contributed by atoms with van der Waals surface area (Å²) in [6, 6.07) is -0.741. The molecule has 3 atom stereocenters. The molecular formula is C14H25NO3. The average Bonchev–Trinajstić information content (AvgIpc) is 2.27. The van der Waals surface area contributed by atoms with Crippen molar-refractivity contribution in [1.29, 1.82) is 0 Å². The molecule has 0 saturated heterocycles. The molecule has 1 aliphatic rings. The molecule has 4 nitrogen and oxygen atoms in total. The lowest BCUT2D eigenvalue weighted by atomic mass is 9.82. The number of nitrogens with one attached hydrogen (secondary N) is 1. The molecule has 0 aromatic rings. The van der Waals surface area contributed by atoms with E-state index in [-0.39, 0.29) is 17.7 Å². The van der Waals surface area contributed by atoms with Gasteiger partial charge >= 0.3 is 5.97 Å². The van der Waals surface area contributed by atoms with Gasteiger partial charge in [-0.1, -0.05) is 33.6 Å². The molecule has 104 valence electrons. The van der Waals surface area contributed by atoms with Crippen molar-refractivity contribution in [2.45, 2.75) is 58.9 Å². The van der Waals surface area contributed by atoms with Crippen molar-refractivity contribution in [2.24, 2.45) is 17.8 Å². The second-order valence-electron chi connectivity index (χ2n) is 6.00. The quantitative estimate of drug-likeness (QED) is 0.793. The molecule has 1 aliphatic carbocycles. The van der Waals surface area contributed by atoms with E-state index in [4.69, 9.17) is 5.11 Å². The van der Waals surface area contributed by atoms with Crippen LogP contribution in [0.2, 0.25) is 0 Å². The highest BCUT2D eigenvalue weighted by Crippen LogP contribution is 2.28. The molecule has 0 aliphatic heterocycles. The zero-order valence-corrected chi connectivity index (χ0v) is 11.6. The van der Waals surface area contributed by atoms with Crippen molar-refractivity contribution in [3.05, 3.63) is 0 Å². The Labute approximate surface area is 109 Å². The maximum absolute atomic E-state index is 12.1. The third-order valence-electron chi connectivity index (χ3n) is 3.63. The first-order valence-electron chi connectivity index (χ1n) is 6.93. The lowest BCUT2D eigenvalue weighted by Crippen LogP contribution is -2.45. The maximum Gasteiger partial charge on any atom is 0.326 e. The van der Waals surface area contributed by atoms with Crippen LogP contribution < -0.4 is 5.32 Å². The summed E-state index contributed by atoms with van der Waals surface area (Å²) < 4.78 is 0. The molecule has 0 radical (unpaired) electrons. The van der Waals surface area contributed by atoms with E-state index in [1.165, 1.54) is 6.42 Å². The van der Waals surface area contributed by atoms with Crippen molar-refractivity contribution < 1.29 is 14.7 Å². The molecule has 0 spiro atoms. The molecule has 4 heteroatoms. The maximum atomic E-state index is 12.1. The van der Waals surface area contributed by atoms with Gasteiger partial charge in [0.15, 0.2) is 0 Å². The van der Waals surface area contributed by atoms with Gasteiger partial charge in [0.2, 0.25) is 5.91 Å². The second-order valence-corrected chi connectivity index (χ2v) is 6.00. The summed E-state index contributed by atoms with van der Waals surface area (Å²) in [4.78, 5) is 23.2. The van der Waals surface area contributed by atoms with Crippen LogP contribution in [0, 0.1) is 17.8 Å². The molecule has 0 bridgehead atoms. The zero-order chi connectivity index (χ0) is 13.7. The van der Waals surface area contributed by atoms with Gasteiger partial charge in [0, 0.05) is 5.92 Å². The molecule has 0 unspecified atom stereocenters. The summed E-state index contributed by atoms with van der Waals surface area (Å²) in [5, 5.41) is 11.8. The number of carboxylic acid groups (broad SMARTS) is 1. The van der Waals surface area contributed by atoms with Gasteiger partial charge in [0.1, 0.15) is 6.04 Å². The summed E-state index contributed by atoms with van der Waals surface area (Å²) in [5.74, 6) is -0.169. The topological polar surface area (TPSA) is 66.4 Å². The number of carbonyl (C=O) groups is 2. The molecule has 1 fully saturated rings. The van der Waals surface area contributed by atoms with E-state index in [0.29, 0.717) is 12.3 Å². The Morgan fingerprint density at radius 3 is 2.50 bits per heavy atom. The minimum atomic E-state index is -0.930. The number of hydrogen-bond donors (Lipinski definition) is 2. The summed E-state index contributed by atoms with van der Waals surface area (Å²) in [5.41, 5.74) is 0. The van der Waals surface area contributed by atoms with Crippen molar-refractivity contribution >= 4 is 11.9 Å². The Morgan fingerprint density at radius 2 is 2.00 bits per heavy atom. The van der Waals surface area contributed by atoms with Crippen LogP contribution in [0.1, 0.15) is 52.9 Å². The lowest BCUT2D eigenvalue weighted by molar-refractivity contribution is -0.143. The third kappa shape index (κ3) is 4.67. The summed E-state index contributed by atoms with van der Waals surface area (Å²) >= 11 is 0. The van der Waals surface area contributed by atoms with Gasteiger partial charge in [-0.2, -0.15) is 0 Å². The van der Waals surface area contributed by atoms with Gasteiger partial charge < -0.3 is 10.4 Å². The van der Waals surface area contributed by atoms with Gasteiger partial charge in [-0.05, 0) is 31.1 Å². The predicted molar refractivity (Wildman–Crippen MR) is 70.1 cm³/mol. The van der Waals surface area contributed by atoms with Crippen molar-refractivity contribution in [1.82, 2.24) is 5.32 Å². The minimum absolute atomic E-state index is 0.00256. The number of aliphatic carboxylic acids is 1. The van der Waals surface area contributed by atoms with Crippen LogP contribution in [0.15, 0.2) is 0 Å². The molecule has 1 amide bonds. The standard InChI is InChI=1S/C14H25NO3/c1-9(2)7-12(14(17)18)15-13(16)11-6-4-5-10(3)8-11/h9-12H,4-8H2,1-3H3,(H,15,16)(H,17,18)/t10-,11+,12+/m1/s1. The van der Waals surface area contributed by atoms with E-state index in [2.05, 4.69) is 12.2 Å². The molecule has 1 rings (SSSR count). The van der Waals surface area contributed by atoms with Gasteiger partial charge in [0.05, 0.1) is 0 Å². The van der Waals surface area contributed by atoms with Crippen molar-refractivity contribution in [3.63, 3.8) is 0 Å². The number of rotatable bonds is 5. The van der Waals surface area contributed by atoms with E-state index in [1.54, 1.807) is 0 Å². The number of carboxylic acids is 1. The monoisotopic (exact) mass is 255 g/mol. The highest BCUT2D eigenvalue weighted by Gasteiger charge is 2.28. The highest BCUT2D eigenvalue weighted by molar-refractivity contribution is 5.85. The molecule has 18 heavy (non-hydrogen) atoms. The summed E-state index contributed by atoms with van der Waals surface area (Å²) in [6.07, 6.45) is 4.52. The van der Waals surface area contributed by atoms with Crippen molar-refractivity contribution in [3.8, 4) is 0 Å². The smallest absolute Gasteiger partial charge is 0.326 e. The zero-order valence-electron chi connectivity index (χ0n) is 11.6. The third-order valence-corrected chi connectivity index (χ3v) is 3.63. The summed E-state index contributed by atoms with van der Waals surface area (Å²) in [7, 11) is 0. The fourth-order valence-corrected chi connectivity index (χ4v) is 2.65. The van der Waals surface area contributed by atoms with Crippen LogP contribution in [0.25, 0.3) is 0 Å². The fourth-order valence-electron chi connectivity index (χ4n) is 2.65. The molecule has 0 aromatic heterocycles. The lowest BCUT2D eigenvalue weighted by Gasteiger charge is -2.27. The second kappa shape index (κ2) is 6.76. The Balaban J connectivity index is 2.52. The molecule has 0 aromatic carbocycles. The van der Waals surface area contributed by atoms with Crippen LogP contribution >= 0.6 is 0 Å². The Bertz CT molecular complexity index is 301. The fraction of sp³-hybridized carbons (Fsp3) is 0.857. The van der Waals surface area contributed by atoms with Gasteiger partial charge in [0.25, 0.3) is 0 Å². The first-order chi connectivity index (χ1) is 8.40. The first-order valence-corrected chi connectivity index (χ1v) is 6.93. The first kappa shape index (κ1) is 15.0. The average molecular weight is 255 g/mol. The van der Waals surface area contributed by atoms with Gasteiger partial charge in [-0.25, -0.2) is 4.79 Å². The van der Waals surface area contributed by atoms with Crippen LogP contribution in [-0.2, 0) is 9.59 Å².